The second kappa shape index (κ2) is 4.97. The van der Waals surface area contributed by atoms with E-state index in [0.29, 0.717) is 5.69 Å². The summed E-state index contributed by atoms with van der Waals surface area (Å²) in [4.78, 5) is 18.1. The molecule has 19 heavy (non-hydrogen) atoms. The third-order valence-electron chi connectivity index (χ3n) is 2.79. The van der Waals surface area contributed by atoms with E-state index in [1.54, 1.807) is 27.0 Å². The van der Waals surface area contributed by atoms with Crippen LogP contribution in [-0.4, -0.2) is 40.1 Å². The van der Waals surface area contributed by atoms with Crippen LogP contribution in [0.5, 0.6) is 0 Å². The van der Waals surface area contributed by atoms with Gasteiger partial charge in [0.15, 0.2) is 0 Å². The maximum absolute atomic E-state index is 12.2. The highest BCUT2D eigenvalue weighted by Gasteiger charge is 2.21. The highest BCUT2D eigenvalue weighted by Crippen LogP contribution is 2.13. The highest BCUT2D eigenvalue weighted by atomic mass is 16.3. The average molecular weight is 258 g/mol. The summed E-state index contributed by atoms with van der Waals surface area (Å²) in [6.07, 6.45) is 0. The molecule has 0 aliphatic heterocycles. The minimum absolute atomic E-state index is 0.187. The molecule has 2 aromatic rings. The van der Waals surface area contributed by atoms with Crippen LogP contribution in [0.1, 0.15) is 24.3 Å². The molecule has 1 aromatic carbocycles. The van der Waals surface area contributed by atoms with E-state index in [4.69, 9.17) is 0 Å². The van der Waals surface area contributed by atoms with Crippen molar-refractivity contribution < 1.29 is 9.90 Å². The number of para-hydroxylation sites is 1. The summed E-state index contributed by atoms with van der Waals surface area (Å²) in [7, 11) is 1.66. The van der Waals surface area contributed by atoms with Crippen molar-refractivity contribution in [2.45, 2.75) is 19.4 Å². The third kappa shape index (κ3) is 3.29. The number of nitrogens with zero attached hydrogens (tertiary/aromatic N) is 2. The maximum Gasteiger partial charge on any atom is 0.272 e. The minimum Gasteiger partial charge on any atom is -0.389 e. The van der Waals surface area contributed by atoms with Crippen LogP contribution in [-0.2, 0) is 0 Å². The summed E-state index contributed by atoms with van der Waals surface area (Å²) in [5, 5.41) is 10.7. The molecule has 1 aromatic heterocycles. The van der Waals surface area contributed by atoms with E-state index in [2.05, 4.69) is 4.98 Å². The molecule has 1 N–H and O–H groups in total. The number of hydrogen-bond donors (Lipinski definition) is 1. The van der Waals surface area contributed by atoms with Gasteiger partial charge in [-0.25, -0.2) is 4.98 Å². The number of carbonyl (C=O) groups is 1. The molecule has 1 amide bonds. The molecule has 0 radical (unpaired) electrons. The van der Waals surface area contributed by atoms with E-state index in [9.17, 15) is 9.90 Å². The molecule has 0 saturated heterocycles. The monoisotopic (exact) mass is 258 g/mol. The number of hydrogen-bond acceptors (Lipinski definition) is 3. The predicted octanol–water partition coefficient (Wildman–Crippen LogP) is 2.08. The Morgan fingerprint density at radius 1 is 1.26 bits per heavy atom. The fourth-order valence-electron chi connectivity index (χ4n) is 2.03. The smallest absolute Gasteiger partial charge is 0.272 e. The number of fused-ring (bicyclic) bond motifs is 1. The molecule has 0 bridgehead atoms. The van der Waals surface area contributed by atoms with Crippen molar-refractivity contribution in [3.63, 3.8) is 0 Å². The van der Waals surface area contributed by atoms with Crippen LogP contribution in [0, 0.1) is 0 Å². The number of rotatable bonds is 3. The maximum atomic E-state index is 12.2. The Bertz CT molecular complexity index is 602. The molecular weight excluding hydrogens is 240 g/mol. The van der Waals surface area contributed by atoms with Gasteiger partial charge >= 0.3 is 0 Å². The van der Waals surface area contributed by atoms with Crippen LogP contribution < -0.4 is 0 Å². The van der Waals surface area contributed by atoms with Crippen LogP contribution in [0.3, 0.4) is 0 Å². The van der Waals surface area contributed by atoms with Crippen LogP contribution in [0.4, 0.5) is 0 Å². The molecular formula is C15H18N2O2. The highest BCUT2D eigenvalue weighted by molar-refractivity contribution is 5.94. The number of likely N-dealkylation sites (N-methyl/N-ethyl adjacent to an activating group) is 1. The zero-order chi connectivity index (χ0) is 14.0. The number of benzene rings is 1. The topological polar surface area (TPSA) is 53.4 Å². The van der Waals surface area contributed by atoms with Gasteiger partial charge in [-0.15, -0.1) is 0 Å². The first-order chi connectivity index (χ1) is 8.87. The first kappa shape index (κ1) is 13.5. The van der Waals surface area contributed by atoms with Crippen molar-refractivity contribution in [2.75, 3.05) is 13.6 Å². The molecule has 2 rings (SSSR count). The molecule has 100 valence electrons. The van der Waals surface area contributed by atoms with Crippen molar-refractivity contribution in [1.82, 2.24) is 9.88 Å². The summed E-state index contributed by atoms with van der Waals surface area (Å²) in [6.45, 7) is 3.61. The lowest BCUT2D eigenvalue weighted by atomic mass is 10.1. The zero-order valence-electron chi connectivity index (χ0n) is 11.4. The van der Waals surface area contributed by atoms with Gasteiger partial charge in [0.2, 0.25) is 0 Å². The van der Waals surface area contributed by atoms with E-state index in [-0.39, 0.29) is 12.5 Å². The first-order valence-corrected chi connectivity index (χ1v) is 6.20. The minimum atomic E-state index is -0.915. The molecule has 0 atom stereocenters. The quantitative estimate of drug-likeness (QED) is 0.917. The third-order valence-corrected chi connectivity index (χ3v) is 2.79. The second-order valence-corrected chi connectivity index (χ2v) is 5.36. The Labute approximate surface area is 112 Å². The van der Waals surface area contributed by atoms with Crippen LogP contribution >= 0.6 is 0 Å². The Kier molecular flexibility index (Phi) is 3.53. The van der Waals surface area contributed by atoms with Gasteiger partial charge in [0, 0.05) is 19.0 Å². The van der Waals surface area contributed by atoms with Gasteiger partial charge < -0.3 is 10.0 Å². The number of amides is 1. The fraction of sp³-hybridized carbons (Fsp3) is 0.333. The van der Waals surface area contributed by atoms with Crippen molar-refractivity contribution in [3.8, 4) is 0 Å². The van der Waals surface area contributed by atoms with Gasteiger partial charge in [-0.3, -0.25) is 4.79 Å². The van der Waals surface area contributed by atoms with E-state index < -0.39 is 5.60 Å². The number of aliphatic hydroxyl groups is 1. The molecule has 0 unspecified atom stereocenters. The summed E-state index contributed by atoms with van der Waals surface area (Å²) < 4.78 is 0. The molecule has 4 nitrogen and oxygen atoms in total. The lowest BCUT2D eigenvalue weighted by molar-refractivity contribution is 0.0365. The van der Waals surface area contributed by atoms with E-state index in [0.717, 1.165) is 10.9 Å². The summed E-state index contributed by atoms with van der Waals surface area (Å²) >= 11 is 0. The molecule has 4 heteroatoms. The summed E-state index contributed by atoms with van der Waals surface area (Å²) in [5.74, 6) is -0.187. The van der Waals surface area contributed by atoms with Crippen LogP contribution in [0.2, 0.25) is 0 Å². The molecule has 0 spiro atoms. The lowest BCUT2D eigenvalue weighted by Crippen LogP contribution is -2.40. The van der Waals surface area contributed by atoms with Gasteiger partial charge in [0.25, 0.3) is 5.91 Å². The van der Waals surface area contributed by atoms with E-state index in [1.807, 2.05) is 30.3 Å². The zero-order valence-corrected chi connectivity index (χ0v) is 11.4. The molecule has 0 aliphatic carbocycles. The van der Waals surface area contributed by atoms with Crippen molar-refractivity contribution in [1.29, 1.82) is 0 Å². The first-order valence-electron chi connectivity index (χ1n) is 6.20. The molecule has 0 saturated carbocycles. The Morgan fingerprint density at radius 2 is 1.95 bits per heavy atom. The molecule has 0 aliphatic rings. The fourth-order valence-corrected chi connectivity index (χ4v) is 2.03. The lowest BCUT2D eigenvalue weighted by Gasteiger charge is -2.25. The number of carbonyl (C=O) groups excluding carboxylic acids is 1. The van der Waals surface area contributed by atoms with Gasteiger partial charge in [0.1, 0.15) is 5.69 Å². The Morgan fingerprint density at radius 3 is 2.63 bits per heavy atom. The van der Waals surface area contributed by atoms with Crippen molar-refractivity contribution >= 4 is 16.8 Å². The number of aromatic nitrogens is 1. The molecule has 1 heterocycles. The normalized spacial score (nSPS) is 11.6. The van der Waals surface area contributed by atoms with Gasteiger partial charge in [-0.05, 0) is 26.0 Å². The van der Waals surface area contributed by atoms with E-state index >= 15 is 0 Å². The Balaban J connectivity index is 2.26. The molecule has 0 fully saturated rings. The summed E-state index contributed by atoms with van der Waals surface area (Å²) in [6, 6.07) is 11.3. The van der Waals surface area contributed by atoms with Gasteiger partial charge in [0.05, 0.1) is 11.1 Å². The van der Waals surface area contributed by atoms with E-state index in [1.165, 1.54) is 4.90 Å². The summed E-state index contributed by atoms with van der Waals surface area (Å²) in [5.41, 5.74) is 0.275. The van der Waals surface area contributed by atoms with Crippen LogP contribution in [0.25, 0.3) is 10.9 Å². The average Bonchev–Trinajstić information content (AvgIpc) is 2.35. The van der Waals surface area contributed by atoms with Crippen LogP contribution in [0.15, 0.2) is 36.4 Å². The second-order valence-electron chi connectivity index (χ2n) is 5.36. The number of pyridine rings is 1. The largest absolute Gasteiger partial charge is 0.389 e. The predicted molar refractivity (Wildman–Crippen MR) is 75.0 cm³/mol. The van der Waals surface area contributed by atoms with Gasteiger partial charge in [-0.1, -0.05) is 24.3 Å². The van der Waals surface area contributed by atoms with Gasteiger partial charge in [-0.2, -0.15) is 0 Å². The van der Waals surface area contributed by atoms with Crippen molar-refractivity contribution in [2.24, 2.45) is 0 Å². The Hall–Kier alpha value is -1.94. The standard InChI is InChI=1S/C15H18N2O2/c1-15(2,19)10-17(3)14(18)13-9-8-11-6-4-5-7-12(11)16-13/h4-9,19H,10H2,1-3H3. The SMILES string of the molecule is CN(CC(C)(C)O)C(=O)c1ccc2ccccc2n1. The van der Waals surface area contributed by atoms with Crippen molar-refractivity contribution in [3.05, 3.63) is 42.1 Å².